The van der Waals surface area contributed by atoms with Gasteiger partial charge in [-0.2, -0.15) is 0 Å². The van der Waals surface area contributed by atoms with Crippen LogP contribution in [0, 0.1) is 0 Å². The minimum atomic E-state index is 0.407. The normalized spacial score (nSPS) is 10.1. The lowest BCUT2D eigenvalue weighted by atomic mass is 10.3. The average molecular weight is 255 g/mol. The Bertz CT molecular complexity index is 403. The quantitative estimate of drug-likeness (QED) is 0.906. The summed E-state index contributed by atoms with van der Waals surface area (Å²) < 4.78 is 5.87. The number of nitrogens with one attached hydrogen (secondary N) is 1. The van der Waals surface area contributed by atoms with Gasteiger partial charge in [0.25, 0.3) is 0 Å². The Morgan fingerprint density at radius 3 is 3.07 bits per heavy atom. The molecule has 2 heterocycles. The molecule has 0 saturated heterocycles. The van der Waals surface area contributed by atoms with Crippen molar-refractivity contribution < 1.29 is 4.42 Å². The van der Waals surface area contributed by atoms with E-state index < -0.39 is 0 Å². The smallest absolute Gasteiger partial charge is 0.315 e. The van der Waals surface area contributed by atoms with Crippen molar-refractivity contribution in [3.05, 3.63) is 34.9 Å². The topological polar surface area (TPSA) is 63.8 Å². The summed E-state index contributed by atoms with van der Waals surface area (Å²) in [5.74, 6) is 0. The second-order valence-corrected chi connectivity index (χ2v) is 3.52. The largest absolute Gasteiger partial charge is 0.411 e. The summed E-state index contributed by atoms with van der Waals surface area (Å²) in [5.41, 5.74) is 1.04. The van der Waals surface area contributed by atoms with Gasteiger partial charge in [-0.3, -0.25) is 4.98 Å². The van der Waals surface area contributed by atoms with Crippen LogP contribution >= 0.6 is 15.9 Å². The van der Waals surface area contributed by atoms with Crippen molar-refractivity contribution >= 4 is 21.9 Å². The highest BCUT2D eigenvalue weighted by Crippen LogP contribution is 2.10. The van der Waals surface area contributed by atoms with E-state index in [1.54, 1.807) is 12.4 Å². The number of aromatic nitrogens is 3. The first-order valence-electron chi connectivity index (χ1n) is 3.94. The molecular weight excluding hydrogens is 248 g/mol. The molecule has 0 aromatic carbocycles. The average Bonchev–Trinajstić information content (AvgIpc) is 2.67. The van der Waals surface area contributed by atoms with Gasteiger partial charge in [0, 0.05) is 23.4 Å². The molecule has 0 unspecified atom stereocenters. The molecule has 2 rings (SSSR count). The van der Waals surface area contributed by atoms with Crippen molar-refractivity contribution in [1.82, 2.24) is 15.2 Å². The summed E-state index contributed by atoms with van der Waals surface area (Å²) in [5, 5.41) is 10.2. The van der Waals surface area contributed by atoms with Gasteiger partial charge in [-0.1, -0.05) is 5.10 Å². The molecule has 2 aromatic rings. The monoisotopic (exact) mass is 254 g/mol. The molecule has 0 radical (unpaired) electrons. The number of rotatable bonds is 3. The molecule has 0 aliphatic heterocycles. The van der Waals surface area contributed by atoms with Crippen LogP contribution in [0.2, 0.25) is 0 Å². The van der Waals surface area contributed by atoms with E-state index in [4.69, 9.17) is 4.42 Å². The van der Waals surface area contributed by atoms with Crippen molar-refractivity contribution in [3.63, 3.8) is 0 Å². The van der Waals surface area contributed by atoms with Crippen LogP contribution in [0.5, 0.6) is 0 Å². The fourth-order valence-corrected chi connectivity index (χ4v) is 1.39. The number of nitrogens with zero attached hydrogens (tertiary/aromatic N) is 3. The van der Waals surface area contributed by atoms with Crippen LogP contribution in [0.4, 0.5) is 6.01 Å². The Labute approximate surface area is 88.7 Å². The van der Waals surface area contributed by atoms with Crippen molar-refractivity contribution in [2.45, 2.75) is 6.54 Å². The van der Waals surface area contributed by atoms with E-state index in [1.165, 1.54) is 6.39 Å². The second-order valence-electron chi connectivity index (χ2n) is 2.61. The SMILES string of the molecule is Brc1cncc(CNc2nnco2)c1. The highest BCUT2D eigenvalue weighted by molar-refractivity contribution is 9.10. The van der Waals surface area contributed by atoms with E-state index >= 15 is 0 Å². The van der Waals surface area contributed by atoms with E-state index in [0.29, 0.717) is 12.6 Å². The number of anilines is 1. The Morgan fingerprint density at radius 2 is 2.36 bits per heavy atom. The third-order valence-electron chi connectivity index (χ3n) is 1.57. The Morgan fingerprint density at radius 1 is 1.43 bits per heavy atom. The molecular formula is C8H7BrN4O. The molecule has 0 bridgehead atoms. The lowest BCUT2D eigenvalue weighted by molar-refractivity contribution is 0.565. The predicted molar refractivity (Wildman–Crippen MR) is 53.6 cm³/mol. The zero-order valence-electron chi connectivity index (χ0n) is 7.14. The van der Waals surface area contributed by atoms with E-state index in [0.717, 1.165) is 10.0 Å². The maximum atomic E-state index is 4.92. The van der Waals surface area contributed by atoms with Gasteiger partial charge in [-0.15, -0.1) is 5.10 Å². The van der Waals surface area contributed by atoms with Crippen LogP contribution in [0.25, 0.3) is 0 Å². The summed E-state index contributed by atoms with van der Waals surface area (Å²) in [4.78, 5) is 4.03. The zero-order valence-corrected chi connectivity index (χ0v) is 8.73. The van der Waals surface area contributed by atoms with Crippen LogP contribution in [0.15, 0.2) is 33.7 Å². The first kappa shape index (κ1) is 9.14. The maximum Gasteiger partial charge on any atom is 0.315 e. The first-order chi connectivity index (χ1) is 6.84. The van der Waals surface area contributed by atoms with E-state index in [2.05, 4.69) is 36.4 Å². The van der Waals surface area contributed by atoms with Crippen molar-refractivity contribution in [3.8, 4) is 0 Å². The molecule has 0 amide bonds. The van der Waals surface area contributed by atoms with Gasteiger partial charge < -0.3 is 9.73 Å². The maximum absolute atomic E-state index is 4.92. The molecule has 0 aliphatic rings. The third-order valence-corrected chi connectivity index (χ3v) is 2.00. The lowest BCUT2D eigenvalue weighted by Gasteiger charge is -2.00. The molecule has 6 heteroatoms. The highest BCUT2D eigenvalue weighted by atomic mass is 79.9. The second kappa shape index (κ2) is 4.19. The minimum Gasteiger partial charge on any atom is -0.411 e. The first-order valence-corrected chi connectivity index (χ1v) is 4.73. The molecule has 0 spiro atoms. The summed E-state index contributed by atoms with van der Waals surface area (Å²) in [6, 6.07) is 2.38. The van der Waals surface area contributed by atoms with Gasteiger partial charge in [-0.25, -0.2) is 0 Å². The van der Waals surface area contributed by atoms with Gasteiger partial charge in [0.2, 0.25) is 6.39 Å². The van der Waals surface area contributed by atoms with Gasteiger partial charge in [0.05, 0.1) is 0 Å². The molecule has 0 atom stereocenters. The number of halogens is 1. The standard InChI is InChI=1S/C8H7BrN4O/c9-7-1-6(2-10-4-7)3-11-8-13-12-5-14-8/h1-2,4-5H,3H2,(H,11,13). The molecule has 5 nitrogen and oxygen atoms in total. The number of pyridine rings is 1. The van der Waals surface area contributed by atoms with Crippen LogP contribution in [-0.4, -0.2) is 15.2 Å². The molecule has 0 aliphatic carbocycles. The Kier molecular flexibility index (Phi) is 2.73. The lowest BCUT2D eigenvalue weighted by Crippen LogP contribution is -1.99. The van der Waals surface area contributed by atoms with Crippen LogP contribution in [0.1, 0.15) is 5.56 Å². The minimum absolute atomic E-state index is 0.407. The molecule has 1 N–H and O–H groups in total. The van der Waals surface area contributed by atoms with Crippen LogP contribution < -0.4 is 5.32 Å². The Hall–Kier alpha value is -1.43. The summed E-state index contributed by atoms with van der Waals surface area (Å²) >= 11 is 3.34. The van der Waals surface area contributed by atoms with Crippen molar-refractivity contribution in [1.29, 1.82) is 0 Å². The van der Waals surface area contributed by atoms with E-state index in [1.807, 2.05) is 6.07 Å². The zero-order chi connectivity index (χ0) is 9.80. The van der Waals surface area contributed by atoms with E-state index in [9.17, 15) is 0 Å². The number of hydrogen-bond donors (Lipinski definition) is 1. The van der Waals surface area contributed by atoms with Crippen LogP contribution in [-0.2, 0) is 6.54 Å². The molecule has 2 aromatic heterocycles. The molecule has 0 saturated carbocycles. The van der Waals surface area contributed by atoms with Crippen molar-refractivity contribution in [2.75, 3.05) is 5.32 Å². The number of hydrogen-bond acceptors (Lipinski definition) is 5. The van der Waals surface area contributed by atoms with Gasteiger partial charge in [-0.05, 0) is 27.6 Å². The van der Waals surface area contributed by atoms with Crippen molar-refractivity contribution in [2.24, 2.45) is 0 Å². The fourth-order valence-electron chi connectivity index (χ4n) is 0.980. The van der Waals surface area contributed by atoms with Gasteiger partial charge in [0.1, 0.15) is 0 Å². The van der Waals surface area contributed by atoms with Gasteiger partial charge in [0.15, 0.2) is 0 Å². The predicted octanol–water partition coefficient (Wildman–Crippen LogP) is 1.84. The molecule has 14 heavy (non-hydrogen) atoms. The molecule has 0 fully saturated rings. The fraction of sp³-hybridized carbons (Fsp3) is 0.125. The van der Waals surface area contributed by atoms with Crippen LogP contribution in [0.3, 0.4) is 0 Å². The molecule has 72 valence electrons. The highest BCUT2D eigenvalue weighted by Gasteiger charge is 1.98. The summed E-state index contributed by atoms with van der Waals surface area (Å²) in [6.07, 6.45) is 4.78. The van der Waals surface area contributed by atoms with E-state index in [-0.39, 0.29) is 0 Å². The third kappa shape index (κ3) is 2.29. The summed E-state index contributed by atoms with van der Waals surface area (Å²) in [6.45, 7) is 0.606. The summed E-state index contributed by atoms with van der Waals surface area (Å²) in [7, 11) is 0. The van der Waals surface area contributed by atoms with Gasteiger partial charge >= 0.3 is 6.01 Å². The Balaban J connectivity index is 1.98.